The van der Waals surface area contributed by atoms with Crippen LogP contribution in [0, 0.1) is 12.7 Å². The fraction of sp³-hybridized carbons (Fsp3) is 0.0500. The highest BCUT2D eigenvalue weighted by Gasteiger charge is 2.15. The zero-order chi connectivity index (χ0) is 19.0. The van der Waals surface area contributed by atoms with Crippen LogP contribution < -0.4 is 4.72 Å². The second-order valence-corrected chi connectivity index (χ2v) is 7.94. The largest absolute Gasteiger partial charge is 0.280 e. The molecule has 0 fully saturated rings. The van der Waals surface area contributed by atoms with E-state index >= 15 is 0 Å². The molecule has 136 valence electrons. The standard InChI is InChI=1S/C20H16FN3O2S/c1-13-5-8-17(9-6-13)27(25,26)24-16-7-10-19-18(12-16)20(23-22-19)14-3-2-4-15(21)11-14/h2-12,24H,1H3,(H,22,23). The van der Waals surface area contributed by atoms with Gasteiger partial charge in [0.1, 0.15) is 11.5 Å². The average molecular weight is 381 g/mol. The molecule has 0 bridgehead atoms. The van der Waals surface area contributed by atoms with Crippen LogP contribution >= 0.6 is 0 Å². The predicted octanol–water partition coefficient (Wildman–Crippen LogP) is 4.48. The number of nitrogens with one attached hydrogen (secondary N) is 2. The van der Waals surface area contributed by atoms with Gasteiger partial charge in [-0.25, -0.2) is 12.8 Å². The van der Waals surface area contributed by atoms with Crippen molar-refractivity contribution in [2.75, 3.05) is 4.72 Å². The summed E-state index contributed by atoms with van der Waals surface area (Å²) in [6.07, 6.45) is 0. The van der Waals surface area contributed by atoms with Gasteiger partial charge in [0.15, 0.2) is 0 Å². The fourth-order valence-corrected chi connectivity index (χ4v) is 3.91. The first-order valence-electron chi connectivity index (χ1n) is 8.26. The van der Waals surface area contributed by atoms with Gasteiger partial charge in [0.25, 0.3) is 10.0 Å². The van der Waals surface area contributed by atoms with Gasteiger partial charge in [-0.05, 0) is 49.4 Å². The Morgan fingerprint density at radius 1 is 1.00 bits per heavy atom. The van der Waals surface area contributed by atoms with E-state index in [9.17, 15) is 12.8 Å². The summed E-state index contributed by atoms with van der Waals surface area (Å²) in [4.78, 5) is 0.186. The number of sulfonamides is 1. The smallest absolute Gasteiger partial charge is 0.261 e. The summed E-state index contributed by atoms with van der Waals surface area (Å²) >= 11 is 0. The fourth-order valence-electron chi connectivity index (χ4n) is 2.86. The highest BCUT2D eigenvalue weighted by Crippen LogP contribution is 2.29. The molecule has 0 unspecified atom stereocenters. The zero-order valence-corrected chi connectivity index (χ0v) is 15.2. The number of rotatable bonds is 4. The highest BCUT2D eigenvalue weighted by molar-refractivity contribution is 7.92. The van der Waals surface area contributed by atoms with Crippen molar-refractivity contribution in [1.29, 1.82) is 0 Å². The van der Waals surface area contributed by atoms with Crippen LogP contribution in [0.4, 0.5) is 10.1 Å². The molecular weight excluding hydrogens is 365 g/mol. The SMILES string of the molecule is Cc1ccc(S(=O)(=O)Nc2ccc3[nH]nc(-c4cccc(F)c4)c3c2)cc1. The molecule has 0 radical (unpaired) electrons. The van der Waals surface area contributed by atoms with Gasteiger partial charge in [-0.1, -0.05) is 29.8 Å². The van der Waals surface area contributed by atoms with E-state index in [0.717, 1.165) is 11.1 Å². The van der Waals surface area contributed by atoms with Crippen molar-refractivity contribution in [3.63, 3.8) is 0 Å². The lowest BCUT2D eigenvalue weighted by atomic mass is 10.1. The third-order valence-corrected chi connectivity index (χ3v) is 5.64. The Hall–Kier alpha value is -3.19. The van der Waals surface area contributed by atoms with Crippen LogP contribution in [0.2, 0.25) is 0 Å². The van der Waals surface area contributed by atoms with Crippen molar-refractivity contribution in [3.05, 3.63) is 78.1 Å². The highest BCUT2D eigenvalue weighted by atomic mass is 32.2. The van der Waals surface area contributed by atoms with Gasteiger partial charge in [-0.3, -0.25) is 9.82 Å². The van der Waals surface area contributed by atoms with Gasteiger partial charge in [-0.15, -0.1) is 0 Å². The van der Waals surface area contributed by atoms with Gasteiger partial charge in [0, 0.05) is 16.6 Å². The molecule has 4 aromatic rings. The minimum absolute atomic E-state index is 0.186. The number of aryl methyl sites for hydroxylation is 1. The molecule has 27 heavy (non-hydrogen) atoms. The topological polar surface area (TPSA) is 74.8 Å². The van der Waals surface area contributed by atoms with Gasteiger partial charge < -0.3 is 0 Å². The summed E-state index contributed by atoms with van der Waals surface area (Å²) in [5, 5.41) is 7.83. The molecule has 0 aliphatic carbocycles. The van der Waals surface area contributed by atoms with Crippen molar-refractivity contribution in [2.24, 2.45) is 0 Å². The number of anilines is 1. The number of halogens is 1. The van der Waals surface area contributed by atoms with Crippen LogP contribution in [0.3, 0.4) is 0 Å². The first kappa shape index (κ1) is 17.2. The van der Waals surface area contributed by atoms with Crippen LogP contribution in [0.5, 0.6) is 0 Å². The Morgan fingerprint density at radius 3 is 2.52 bits per heavy atom. The number of hydrogen-bond acceptors (Lipinski definition) is 3. The van der Waals surface area contributed by atoms with Gasteiger partial charge in [0.2, 0.25) is 0 Å². The summed E-state index contributed by atoms with van der Waals surface area (Å²) in [5.41, 5.74) is 3.28. The Kier molecular flexibility index (Phi) is 4.16. The summed E-state index contributed by atoms with van der Waals surface area (Å²) < 4.78 is 41.3. The van der Waals surface area contributed by atoms with Crippen LogP contribution in [0.15, 0.2) is 71.6 Å². The first-order chi connectivity index (χ1) is 12.9. The molecule has 0 amide bonds. The molecule has 7 heteroatoms. The Labute approximate surface area is 155 Å². The minimum atomic E-state index is -3.71. The van der Waals surface area contributed by atoms with Crippen molar-refractivity contribution in [3.8, 4) is 11.3 Å². The average Bonchev–Trinajstić information content (AvgIpc) is 3.05. The van der Waals surface area contributed by atoms with Crippen molar-refractivity contribution < 1.29 is 12.8 Å². The summed E-state index contributed by atoms with van der Waals surface area (Å²) in [6.45, 7) is 1.89. The van der Waals surface area contributed by atoms with E-state index in [0.29, 0.717) is 22.3 Å². The minimum Gasteiger partial charge on any atom is -0.280 e. The van der Waals surface area contributed by atoms with E-state index in [1.54, 1.807) is 54.6 Å². The van der Waals surface area contributed by atoms with E-state index in [1.165, 1.54) is 12.1 Å². The molecule has 0 aliphatic heterocycles. The molecule has 1 aromatic heterocycles. The number of nitrogens with zero attached hydrogens (tertiary/aromatic N) is 1. The van der Waals surface area contributed by atoms with E-state index in [4.69, 9.17) is 0 Å². The predicted molar refractivity (Wildman–Crippen MR) is 103 cm³/mol. The zero-order valence-electron chi connectivity index (χ0n) is 14.4. The monoisotopic (exact) mass is 381 g/mol. The van der Waals surface area contributed by atoms with E-state index in [1.807, 2.05) is 6.92 Å². The Bertz CT molecular complexity index is 1230. The lowest BCUT2D eigenvalue weighted by Crippen LogP contribution is -2.12. The second-order valence-electron chi connectivity index (χ2n) is 6.26. The Morgan fingerprint density at radius 2 is 1.78 bits per heavy atom. The van der Waals surface area contributed by atoms with Crippen LogP contribution in [0.25, 0.3) is 22.2 Å². The number of hydrogen-bond donors (Lipinski definition) is 2. The van der Waals surface area contributed by atoms with Crippen molar-refractivity contribution in [1.82, 2.24) is 10.2 Å². The molecule has 2 N–H and O–H groups in total. The summed E-state index contributed by atoms with van der Waals surface area (Å²) in [7, 11) is -3.71. The van der Waals surface area contributed by atoms with Crippen LogP contribution in [-0.4, -0.2) is 18.6 Å². The maximum Gasteiger partial charge on any atom is 0.261 e. The van der Waals surface area contributed by atoms with Crippen LogP contribution in [-0.2, 0) is 10.0 Å². The maximum absolute atomic E-state index is 13.5. The first-order valence-corrected chi connectivity index (χ1v) is 9.74. The lowest BCUT2D eigenvalue weighted by molar-refractivity contribution is 0.601. The van der Waals surface area contributed by atoms with Gasteiger partial charge in [-0.2, -0.15) is 5.10 Å². The number of benzene rings is 3. The quantitative estimate of drug-likeness (QED) is 0.547. The van der Waals surface area contributed by atoms with E-state index in [2.05, 4.69) is 14.9 Å². The Balaban J connectivity index is 1.73. The normalized spacial score (nSPS) is 11.6. The molecule has 0 spiro atoms. The van der Waals surface area contributed by atoms with Gasteiger partial charge >= 0.3 is 0 Å². The van der Waals surface area contributed by atoms with E-state index < -0.39 is 10.0 Å². The number of aromatic nitrogens is 2. The molecule has 0 saturated carbocycles. The number of aromatic amines is 1. The number of H-pyrrole nitrogens is 1. The van der Waals surface area contributed by atoms with Gasteiger partial charge in [0.05, 0.1) is 10.4 Å². The molecule has 5 nitrogen and oxygen atoms in total. The van der Waals surface area contributed by atoms with E-state index in [-0.39, 0.29) is 10.7 Å². The van der Waals surface area contributed by atoms with Crippen molar-refractivity contribution in [2.45, 2.75) is 11.8 Å². The maximum atomic E-state index is 13.5. The lowest BCUT2D eigenvalue weighted by Gasteiger charge is -2.09. The molecule has 0 aliphatic rings. The third kappa shape index (κ3) is 3.41. The summed E-state index contributed by atoms with van der Waals surface area (Å²) in [6, 6.07) is 17.8. The summed E-state index contributed by atoms with van der Waals surface area (Å²) in [5.74, 6) is -0.361. The molecule has 3 aromatic carbocycles. The number of fused-ring (bicyclic) bond motifs is 1. The van der Waals surface area contributed by atoms with Crippen LogP contribution in [0.1, 0.15) is 5.56 Å². The molecule has 0 atom stereocenters. The third-order valence-electron chi connectivity index (χ3n) is 4.24. The molecule has 1 heterocycles. The molecule has 4 rings (SSSR count). The molecule has 0 saturated heterocycles. The van der Waals surface area contributed by atoms with Crippen molar-refractivity contribution >= 4 is 26.6 Å². The molecular formula is C20H16FN3O2S. The second kappa shape index (κ2) is 6.51.